The number of nitrogens with two attached hydrogens (primary N) is 1. The van der Waals surface area contributed by atoms with Gasteiger partial charge in [0.05, 0.1) is 5.56 Å². The quantitative estimate of drug-likeness (QED) is 0.486. The zero-order valence-corrected chi connectivity index (χ0v) is 7.36. The summed E-state index contributed by atoms with van der Waals surface area (Å²) in [7, 11) is 0. The van der Waals surface area contributed by atoms with E-state index in [4.69, 9.17) is 5.73 Å². The summed E-state index contributed by atoms with van der Waals surface area (Å²) in [6, 6.07) is 5.04. The molecule has 0 atom stereocenters. The van der Waals surface area contributed by atoms with E-state index < -0.39 is 5.91 Å². The first-order chi connectivity index (χ1) is 6.70. The fourth-order valence-corrected chi connectivity index (χ4v) is 1.50. The molecule has 0 aromatic heterocycles. The standard InChI is InChI=1S/C9H9N3O2/c10-9(13)7-3-1-2-6-4-11-5-12(14)8(6)7/h1-3,5,11H,4H2,(H2,10,13). The van der Waals surface area contributed by atoms with Gasteiger partial charge in [-0.05, 0) is 6.07 Å². The highest BCUT2D eigenvalue weighted by Crippen LogP contribution is 2.24. The molecule has 14 heavy (non-hydrogen) atoms. The van der Waals surface area contributed by atoms with Crippen LogP contribution in [0.1, 0.15) is 15.9 Å². The van der Waals surface area contributed by atoms with E-state index >= 15 is 0 Å². The third-order valence-corrected chi connectivity index (χ3v) is 2.11. The molecular weight excluding hydrogens is 182 g/mol. The third kappa shape index (κ3) is 1.19. The Morgan fingerprint density at radius 3 is 3.07 bits per heavy atom. The van der Waals surface area contributed by atoms with Crippen LogP contribution in [-0.4, -0.2) is 17.0 Å². The highest BCUT2D eigenvalue weighted by Gasteiger charge is 2.19. The van der Waals surface area contributed by atoms with Crippen molar-refractivity contribution in [3.63, 3.8) is 0 Å². The van der Waals surface area contributed by atoms with E-state index in [-0.39, 0.29) is 5.56 Å². The first kappa shape index (κ1) is 8.55. The molecule has 2 rings (SSSR count). The molecule has 0 unspecified atom stereocenters. The SMILES string of the molecule is NC(=O)c1cccc2c1[N+]([O-])=CNC2. The van der Waals surface area contributed by atoms with Gasteiger partial charge in [-0.1, -0.05) is 12.1 Å². The van der Waals surface area contributed by atoms with Gasteiger partial charge < -0.3 is 10.9 Å². The summed E-state index contributed by atoms with van der Waals surface area (Å²) in [5, 5.41) is 14.2. The number of hydrogen-bond acceptors (Lipinski definition) is 3. The summed E-state index contributed by atoms with van der Waals surface area (Å²) in [5.74, 6) is -0.585. The predicted molar refractivity (Wildman–Crippen MR) is 51.2 cm³/mol. The van der Waals surface area contributed by atoms with Gasteiger partial charge in [0, 0.05) is 5.56 Å². The van der Waals surface area contributed by atoms with Crippen molar-refractivity contribution in [1.29, 1.82) is 0 Å². The van der Waals surface area contributed by atoms with E-state index in [9.17, 15) is 10.0 Å². The maximum atomic E-state index is 11.4. The number of carbonyl (C=O) groups is 1. The molecule has 0 bridgehead atoms. The fraction of sp³-hybridized carbons (Fsp3) is 0.111. The fourth-order valence-electron chi connectivity index (χ4n) is 1.50. The number of benzene rings is 1. The van der Waals surface area contributed by atoms with Crippen molar-refractivity contribution in [1.82, 2.24) is 5.32 Å². The second-order valence-electron chi connectivity index (χ2n) is 3.01. The van der Waals surface area contributed by atoms with Crippen LogP contribution in [0.3, 0.4) is 0 Å². The maximum Gasteiger partial charge on any atom is 0.253 e. The zero-order chi connectivity index (χ0) is 10.1. The number of amides is 1. The number of para-hydroxylation sites is 1. The third-order valence-electron chi connectivity index (χ3n) is 2.11. The molecule has 1 aromatic carbocycles. The second kappa shape index (κ2) is 3.02. The highest BCUT2D eigenvalue weighted by atomic mass is 16.5. The van der Waals surface area contributed by atoms with Gasteiger partial charge in [0.25, 0.3) is 5.91 Å². The lowest BCUT2D eigenvalue weighted by molar-refractivity contribution is -0.361. The molecule has 0 spiro atoms. The second-order valence-corrected chi connectivity index (χ2v) is 3.01. The van der Waals surface area contributed by atoms with E-state index in [1.807, 2.05) is 0 Å². The molecule has 1 aromatic rings. The number of primary amides is 1. The van der Waals surface area contributed by atoms with Crippen LogP contribution in [0.2, 0.25) is 0 Å². The molecule has 3 N–H and O–H groups in total. The summed E-state index contributed by atoms with van der Waals surface area (Å²) in [6.07, 6.45) is 1.27. The molecule has 1 heterocycles. The smallest absolute Gasteiger partial charge is 0.253 e. The lowest BCUT2D eigenvalue weighted by atomic mass is 10.1. The van der Waals surface area contributed by atoms with E-state index in [1.54, 1.807) is 18.2 Å². The Bertz CT molecular complexity index is 426. The first-order valence-corrected chi connectivity index (χ1v) is 4.15. The Labute approximate surface area is 80.4 Å². The molecule has 5 heteroatoms. The van der Waals surface area contributed by atoms with Gasteiger partial charge in [-0.3, -0.25) is 10.1 Å². The lowest BCUT2D eigenvalue weighted by Gasteiger charge is -2.18. The Morgan fingerprint density at radius 1 is 1.57 bits per heavy atom. The number of nitrogens with one attached hydrogen (secondary N) is 1. The Balaban J connectivity index is 2.66. The van der Waals surface area contributed by atoms with Gasteiger partial charge in [-0.15, -0.1) is 0 Å². The van der Waals surface area contributed by atoms with Gasteiger partial charge in [-0.25, -0.2) is 4.74 Å². The normalized spacial score (nSPS) is 13.9. The van der Waals surface area contributed by atoms with Gasteiger partial charge in [0.2, 0.25) is 6.34 Å². The van der Waals surface area contributed by atoms with Crippen molar-refractivity contribution < 1.29 is 9.53 Å². The molecule has 0 aliphatic carbocycles. The number of fused-ring (bicyclic) bond motifs is 1. The average molecular weight is 191 g/mol. The minimum absolute atomic E-state index is 0.259. The molecule has 5 nitrogen and oxygen atoms in total. The van der Waals surface area contributed by atoms with E-state index in [0.717, 1.165) is 5.56 Å². The Hall–Kier alpha value is -2.04. The van der Waals surface area contributed by atoms with Crippen LogP contribution in [0.5, 0.6) is 0 Å². The van der Waals surface area contributed by atoms with Crippen molar-refractivity contribution in [3.05, 3.63) is 34.5 Å². The van der Waals surface area contributed by atoms with Crippen molar-refractivity contribution in [2.24, 2.45) is 5.73 Å². The average Bonchev–Trinajstić information content (AvgIpc) is 2.17. The van der Waals surface area contributed by atoms with Gasteiger partial charge in [0.15, 0.2) is 0 Å². The summed E-state index contributed by atoms with van der Waals surface area (Å²) in [6.45, 7) is 0.537. The first-order valence-electron chi connectivity index (χ1n) is 4.15. The molecule has 0 radical (unpaired) electrons. The monoisotopic (exact) mass is 191 g/mol. The van der Waals surface area contributed by atoms with Crippen LogP contribution >= 0.6 is 0 Å². The predicted octanol–water partition coefficient (Wildman–Crippen LogP) is 0.0588. The van der Waals surface area contributed by atoms with Crippen LogP contribution in [-0.2, 0) is 6.54 Å². The molecule has 1 aliphatic rings. The lowest BCUT2D eigenvalue weighted by Crippen LogP contribution is -2.25. The van der Waals surface area contributed by atoms with E-state index in [2.05, 4.69) is 5.32 Å². The van der Waals surface area contributed by atoms with Crippen LogP contribution in [0, 0.1) is 5.21 Å². The molecule has 1 amide bonds. The van der Waals surface area contributed by atoms with E-state index in [0.29, 0.717) is 17.0 Å². The van der Waals surface area contributed by atoms with Crippen LogP contribution in [0.4, 0.5) is 5.69 Å². The molecule has 0 fully saturated rings. The largest absolute Gasteiger partial charge is 0.711 e. The van der Waals surface area contributed by atoms with Crippen molar-refractivity contribution in [2.75, 3.05) is 0 Å². The van der Waals surface area contributed by atoms with Crippen molar-refractivity contribution in [2.45, 2.75) is 6.54 Å². The van der Waals surface area contributed by atoms with Gasteiger partial charge in [-0.2, -0.15) is 0 Å². The number of rotatable bonds is 1. The number of nitrogens with zero attached hydrogens (tertiary/aromatic N) is 1. The number of carbonyl (C=O) groups excluding carboxylic acids is 1. The van der Waals surface area contributed by atoms with Crippen molar-refractivity contribution >= 4 is 17.9 Å². The molecule has 0 saturated heterocycles. The maximum absolute atomic E-state index is 11.4. The van der Waals surface area contributed by atoms with Crippen LogP contribution < -0.4 is 11.1 Å². The van der Waals surface area contributed by atoms with Gasteiger partial charge in [0.1, 0.15) is 12.2 Å². The van der Waals surface area contributed by atoms with Crippen molar-refractivity contribution in [3.8, 4) is 0 Å². The zero-order valence-electron chi connectivity index (χ0n) is 7.36. The molecule has 0 saturated carbocycles. The number of hydrogen-bond donors (Lipinski definition) is 2. The molecule has 1 aliphatic heterocycles. The minimum atomic E-state index is -0.585. The summed E-state index contributed by atoms with van der Waals surface area (Å²) >= 11 is 0. The van der Waals surface area contributed by atoms with Gasteiger partial charge >= 0.3 is 0 Å². The molecular formula is C9H9N3O2. The molecule has 72 valence electrons. The van der Waals surface area contributed by atoms with Crippen LogP contribution in [0.15, 0.2) is 18.2 Å². The topological polar surface area (TPSA) is 81.2 Å². The summed E-state index contributed by atoms with van der Waals surface area (Å²) in [5.41, 5.74) is 6.54. The summed E-state index contributed by atoms with van der Waals surface area (Å²) < 4.78 is 0.624. The minimum Gasteiger partial charge on any atom is -0.711 e. The Kier molecular flexibility index (Phi) is 1.85. The van der Waals surface area contributed by atoms with E-state index in [1.165, 1.54) is 6.34 Å². The Morgan fingerprint density at radius 2 is 2.36 bits per heavy atom. The summed E-state index contributed by atoms with van der Waals surface area (Å²) in [4.78, 5) is 11.0. The highest BCUT2D eigenvalue weighted by molar-refractivity contribution is 5.97. The van der Waals surface area contributed by atoms with Crippen LogP contribution in [0.25, 0.3) is 0 Å².